The molecule has 0 bridgehead atoms. The highest BCUT2D eigenvalue weighted by Gasteiger charge is 2.34. The fourth-order valence-corrected chi connectivity index (χ4v) is 1.92. The molecule has 1 heterocycles. The summed E-state index contributed by atoms with van der Waals surface area (Å²) in [5, 5.41) is 0. The van der Waals surface area contributed by atoms with E-state index in [1.54, 1.807) is 32.3 Å². The van der Waals surface area contributed by atoms with E-state index in [-0.39, 0.29) is 11.6 Å². The summed E-state index contributed by atoms with van der Waals surface area (Å²) in [5.41, 5.74) is 4.58. The highest BCUT2D eigenvalue weighted by atomic mass is 19.4. The molecule has 2 N–H and O–H groups in total. The summed E-state index contributed by atoms with van der Waals surface area (Å²) in [6.45, 7) is 1.48. The van der Waals surface area contributed by atoms with Crippen molar-refractivity contribution in [2.45, 2.75) is 19.2 Å². The van der Waals surface area contributed by atoms with Crippen molar-refractivity contribution in [3.05, 3.63) is 36.0 Å². The average Bonchev–Trinajstić information content (AvgIpc) is 2.53. The standard InChI is InChI=1S/C16H17F3N4O2/c1-9(14(20)24)25-11-6-4-5-10(7-11)12-8-13(16(17,18)19)22-15(21-12)23(2)3/h4-9H,1-3H3,(H2,20,24). The molecule has 25 heavy (non-hydrogen) atoms. The zero-order valence-corrected chi connectivity index (χ0v) is 13.8. The molecule has 0 fully saturated rings. The molecule has 2 aromatic rings. The molecule has 1 amide bonds. The van der Waals surface area contributed by atoms with Crippen LogP contribution in [-0.4, -0.2) is 36.1 Å². The molecule has 2 rings (SSSR count). The summed E-state index contributed by atoms with van der Waals surface area (Å²) in [4.78, 5) is 20.1. The van der Waals surface area contributed by atoms with Gasteiger partial charge in [-0.15, -0.1) is 0 Å². The van der Waals surface area contributed by atoms with E-state index in [0.29, 0.717) is 11.3 Å². The smallest absolute Gasteiger partial charge is 0.433 e. The number of carbonyl (C=O) groups excluding carboxylic acids is 1. The lowest BCUT2D eigenvalue weighted by molar-refractivity contribution is -0.141. The number of nitrogens with zero attached hydrogens (tertiary/aromatic N) is 3. The summed E-state index contributed by atoms with van der Waals surface area (Å²) < 4.78 is 44.6. The molecule has 9 heteroatoms. The van der Waals surface area contributed by atoms with Gasteiger partial charge in [0, 0.05) is 19.7 Å². The first kappa shape index (κ1) is 18.5. The van der Waals surface area contributed by atoms with Crippen molar-refractivity contribution in [3.8, 4) is 17.0 Å². The Bertz CT molecular complexity index is 778. The number of halogens is 3. The van der Waals surface area contributed by atoms with Gasteiger partial charge in [0.2, 0.25) is 5.95 Å². The lowest BCUT2D eigenvalue weighted by Gasteiger charge is -2.16. The van der Waals surface area contributed by atoms with Crippen LogP contribution in [0.5, 0.6) is 5.75 Å². The van der Waals surface area contributed by atoms with Gasteiger partial charge in [-0.25, -0.2) is 9.97 Å². The molecule has 0 aliphatic rings. The van der Waals surface area contributed by atoms with Crippen LogP contribution in [-0.2, 0) is 11.0 Å². The second-order valence-electron chi connectivity index (χ2n) is 5.52. The molecule has 134 valence electrons. The van der Waals surface area contributed by atoms with E-state index in [2.05, 4.69) is 9.97 Å². The first-order chi connectivity index (χ1) is 11.6. The molecule has 0 spiro atoms. The summed E-state index contributed by atoms with van der Waals surface area (Å²) in [6.07, 6.45) is -5.47. The molecule has 1 unspecified atom stereocenters. The Balaban J connectivity index is 2.47. The van der Waals surface area contributed by atoms with Crippen molar-refractivity contribution in [3.63, 3.8) is 0 Å². The molecular formula is C16H17F3N4O2. The van der Waals surface area contributed by atoms with Gasteiger partial charge in [-0.3, -0.25) is 4.79 Å². The summed E-state index contributed by atoms with van der Waals surface area (Å²) >= 11 is 0. The molecule has 0 aliphatic heterocycles. The number of benzene rings is 1. The molecular weight excluding hydrogens is 337 g/mol. The quantitative estimate of drug-likeness (QED) is 0.892. The Hall–Kier alpha value is -2.84. The number of primary amides is 1. The van der Waals surface area contributed by atoms with Crippen molar-refractivity contribution >= 4 is 11.9 Å². The van der Waals surface area contributed by atoms with E-state index < -0.39 is 23.9 Å². The van der Waals surface area contributed by atoms with E-state index in [1.807, 2.05) is 0 Å². The number of rotatable bonds is 5. The van der Waals surface area contributed by atoms with E-state index in [9.17, 15) is 18.0 Å². The van der Waals surface area contributed by atoms with Gasteiger partial charge in [0.25, 0.3) is 5.91 Å². The normalized spacial score (nSPS) is 12.6. The molecule has 0 aliphatic carbocycles. The number of amides is 1. The number of aromatic nitrogens is 2. The second-order valence-corrected chi connectivity index (χ2v) is 5.52. The van der Waals surface area contributed by atoms with Crippen molar-refractivity contribution in [1.82, 2.24) is 9.97 Å². The van der Waals surface area contributed by atoms with E-state index in [1.165, 1.54) is 17.9 Å². The van der Waals surface area contributed by atoms with Gasteiger partial charge in [-0.05, 0) is 25.1 Å². The van der Waals surface area contributed by atoms with E-state index >= 15 is 0 Å². The van der Waals surface area contributed by atoms with Crippen LogP contribution in [0.1, 0.15) is 12.6 Å². The molecule has 0 saturated heterocycles. The Labute approximate surface area is 142 Å². The monoisotopic (exact) mass is 354 g/mol. The van der Waals surface area contributed by atoms with Gasteiger partial charge in [0.1, 0.15) is 5.75 Å². The first-order valence-corrected chi connectivity index (χ1v) is 7.28. The first-order valence-electron chi connectivity index (χ1n) is 7.28. The van der Waals surface area contributed by atoms with Crippen LogP contribution in [0.4, 0.5) is 19.1 Å². The minimum Gasteiger partial charge on any atom is -0.481 e. The van der Waals surface area contributed by atoms with Crippen molar-refractivity contribution in [2.24, 2.45) is 5.73 Å². The summed E-state index contributed by atoms with van der Waals surface area (Å²) in [5.74, 6) is -0.425. The number of alkyl halides is 3. The third-order valence-electron chi connectivity index (χ3n) is 3.25. The van der Waals surface area contributed by atoms with Crippen LogP contribution in [0.25, 0.3) is 11.3 Å². The molecule has 1 atom stereocenters. The van der Waals surface area contributed by atoms with E-state index in [4.69, 9.17) is 10.5 Å². The number of hydrogen-bond acceptors (Lipinski definition) is 5. The molecule has 0 radical (unpaired) electrons. The zero-order chi connectivity index (χ0) is 18.8. The minimum absolute atomic E-state index is 0.0679. The van der Waals surface area contributed by atoms with Gasteiger partial charge in [0.15, 0.2) is 11.8 Å². The van der Waals surface area contributed by atoms with Gasteiger partial charge in [0.05, 0.1) is 5.69 Å². The van der Waals surface area contributed by atoms with Crippen LogP contribution >= 0.6 is 0 Å². The predicted octanol–water partition coefficient (Wildman–Crippen LogP) is 2.48. The maximum atomic E-state index is 13.1. The van der Waals surface area contributed by atoms with Gasteiger partial charge >= 0.3 is 6.18 Å². The SMILES string of the molecule is CC(Oc1cccc(-c2cc(C(F)(F)F)nc(N(C)C)n2)c1)C(N)=O. The van der Waals surface area contributed by atoms with Crippen molar-refractivity contribution in [2.75, 3.05) is 19.0 Å². The predicted molar refractivity (Wildman–Crippen MR) is 86.1 cm³/mol. The highest BCUT2D eigenvalue weighted by Crippen LogP contribution is 2.32. The van der Waals surface area contributed by atoms with Crippen LogP contribution in [0.15, 0.2) is 30.3 Å². The van der Waals surface area contributed by atoms with Gasteiger partial charge in [-0.2, -0.15) is 13.2 Å². The van der Waals surface area contributed by atoms with E-state index in [0.717, 1.165) is 6.07 Å². The largest absolute Gasteiger partial charge is 0.481 e. The van der Waals surface area contributed by atoms with Crippen molar-refractivity contribution in [1.29, 1.82) is 0 Å². The Kier molecular flexibility index (Phi) is 5.15. The van der Waals surface area contributed by atoms with Gasteiger partial charge < -0.3 is 15.4 Å². The Morgan fingerprint density at radius 1 is 1.24 bits per heavy atom. The number of ether oxygens (including phenoxy) is 1. The molecule has 6 nitrogen and oxygen atoms in total. The van der Waals surface area contributed by atoms with Crippen molar-refractivity contribution < 1.29 is 22.7 Å². The topological polar surface area (TPSA) is 81.3 Å². The zero-order valence-electron chi connectivity index (χ0n) is 13.8. The summed E-state index contributed by atoms with van der Waals surface area (Å²) in [7, 11) is 3.10. The fourth-order valence-electron chi connectivity index (χ4n) is 1.92. The fraction of sp³-hybridized carbons (Fsp3) is 0.312. The average molecular weight is 354 g/mol. The number of carbonyl (C=O) groups is 1. The van der Waals surface area contributed by atoms with Crippen LogP contribution in [0.3, 0.4) is 0 Å². The number of nitrogens with two attached hydrogens (primary N) is 1. The Morgan fingerprint density at radius 2 is 1.92 bits per heavy atom. The van der Waals surface area contributed by atoms with Crippen LogP contribution < -0.4 is 15.4 Å². The third-order valence-corrected chi connectivity index (χ3v) is 3.25. The number of hydrogen-bond donors (Lipinski definition) is 1. The maximum Gasteiger partial charge on any atom is 0.433 e. The minimum atomic E-state index is -4.60. The lowest BCUT2D eigenvalue weighted by Crippen LogP contribution is -2.30. The maximum absolute atomic E-state index is 13.1. The van der Waals surface area contributed by atoms with Crippen LogP contribution in [0.2, 0.25) is 0 Å². The third kappa shape index (κ3) is 4.59. The Morgan fingerprint density at radius 3 is 2.48 bits per heavy atom. The highest BCUT2D eigenvalue weighted by molar-refractivity contribution is 5.78. The molecule has 0 saturated carbocycles. The van der Waals surface area contributed by atoms with Gasteiger partial charge in [-0.1, -0.05) is 12.1 Å². The second kappa shape index (κ2) is 6.96. The molecule has 1 aromatic heterocycles. The summed E-state index contributed by atoms with van der Waals surface area (Å²) in [6, 6.07) is 7.10. The number of anilines is 1. The molecule has 1 aromatic carbocycles. The lowest BCUT2D eigenvalue weighted by atomic mass is 10.1. The van der Waals surface area contributed by atoms with Crippen LogP contribution in [0, 0.1) is 0 Å².